The molecule has 0 N–H and O–H groups in total. The van der Waals surface area contributed by atoms with Gasteiger partial charge in [0.25, 0.3) is 5.91 Å². The topological polar surface area (TPSA) is 51.7 Å². The number of hydrogen-bond donors (Lipinski definition) is 0. The fourth-order valence-corrected chi connectivity index (χ4v) is 3.68. The monoisotopic (exact) mass is 420 g/mol. The van der Waals surface area contributed by atoms with E-state index in [0.717, 1.165) is 55.2 Å². The number of carbonyl (C=O) groups is 1. The van der Waals surface area contributed by atoms with Gasteiger partial charge >= 0.3 is 0 Å². The number of para-hydroxylation sites is 1. The van der Waals surface area contributed by atoms with Crippen LogP contribution in [0.15, 0.2) is 48.5 Å². The number of carbonyl (C=O) groups excluding carboxylic acids is 1. The molecule has 0 saturated carbocycles. The number of ether oxygens (including phenoxy) is 2. The van der Waals surface area contributed by atoms with Gasteiger partial charge in [-0.3, -0.25) is 4.79 Å². The lowest BCUT2D eigenvalue weighted by atomic mass is 10.0. The second kappa shape index (κ2) is 10.8. The number of hydrogen-bond acceptors (Lipinski definition) is 4. The molecule has 0 unspecified atom stereocenters. The van der Waals surface area contributed by atoms with Crippen molar-refractivity contribution in [2.45, 2.75) is 39.5 Å². The van der Waals surface area contributed by atoms with Crippen molar-refractivity contribution in [3.05, 3.63) is 54.1 Å². The van der Waals surface area contributed by atoms with Crippen molar-refractivity contribution in [2.75, 3.05) is 27.3 Å². The third-order valence-electron chi connectivity index (χ3n) is 5.48. The normalized spacial score (nSPS) is 10.8. The molecule has 0 radical (unpaired) electrons. The van der Waals surface area contributed by atoms with Crippen LogP contribution in [0.5, 0.6) is 11.5 Å². The maximum Gasteiger partial charge on any atom is 0.254 e. The number of benzene rings is 2. The van der Waals surface area contributed by atoms with Crippen LogP contribution in [-0.2, 0) is 0 Å². The summed E-state index contributed by atoms with van der Waals surface area (Å²) in [7, 11) is 3.25. The van der Waals surface area contributed by atoms with Crippen molar-refractivity contribution in [2.24, 2.45) is 0 Å². The zero-order valence-corrected chi connectivity index (χ0v) is 19.0. The molecule has 0 aliphatic rings. The lowest BCUT2D eigenvalue weighted by molar-refractivity contribution is 0.0753. The first-order valence-corrected chi connectivity index (χ1v) is 11.0. The zero-order chi connectivity index (χ0) is 22.2. The number of aromatic nitrogens is 1. The largest absolute Gasteiger partial charge is 0.497 e. The minimum absolute atomic E-state index is 0.0641. The molecule has 1 heterocycles. The minimum Gasteiger partial charge on any atom is -0.497 e. The van der Waals surface area contributed by atoms with Gasteiger partial charge in [0.1, 0.15) is 11.5 Å². The Balaban J connectivity index is 2.12. The molecule has 0 aliphatic carbocycles. The molecule has 0 aliphatic heterocycles. The van der Waals surface area contributed by atoms with Crippen LogP contribution in [-0.4, -0.2) is 43.1 Å². The summed E-state index contributed by atoms with van der Waals surface area (Å²) < 4.78 is 10.9. The molecule has 0 bridgehead atoms. The molecule has 2 aromatic carbocycles. The molecule has 31 heavy (non-hydrogen) atoms. The molecule has 1 amide bonds. The summed E-state index contributed by atoms with van der Waals surface area (Å²) in [4.78, 5) is 20.5. The van der Waals surface area contributed by atoms with Crippen molar-refractivity contribution >= 4 is 16.8 Å². The van der Waals surface area contributed by atoms with Gasteiger partial charge in [-0.05, 0) is 37.1 Å². The first kappa shape index (κ1) is 22.6. The van der Waals surface area contributed by atoms with Crippen LogP contribution in [0, 0.1) is 0 Å². The molecule has 5 nitrogen and oxygen atoms in total. The highest BCUT2D eigenvalue weighted by Crippen LogP contribution is 2.34. The Bertz CT molecular complexity index is 1020. The van der Waals surface area contributed by atoms with Crippen molar-refractivity contribution < 1.29 is 14.3 Å². The SMILES string of the molecule is CCCCN(CCCC)C(=O)c1cc(-c2ccc(OC)cc2OC)nc2ccccc12. The van der Waals surface area contributed by atoms with E-state index in [2.05, 4.69) is 13.8 Å². The number of amides is 1. The van der Waals surface area contributed by atoms with Crippen molar-refractivity contribution in [1.29, 1.82) is 0 Å². The third-order valence-corrected chi connectivity index (χ3v) is 5.48. The lowest BCUT2D eigenvalue weighted by Crippen LogP contribution is -2.33. The van der Waals surface area contributed by atoms with Crippen LogP contribution in [0.2, 0.25) is 0 Å². The maximum absolute atomic E-state index is 13.7. The summed E-state index contributed by atoms with van der Waals surface area (Å²) in [5, 5.41) is 0.877. The summed E-state index contributed by atoms with van der Waals surface area (Å²) in [5.74, 6) is 1.44. The summed E-state index contributed by atoms with van der Waals surface area (Å²) >= 11 is 0. The van der Waals surface area contributed by atoms with Gasteiger partial charge in [0.2, 0.25) is 0 Å². The molecule has 0 saturated heterocycles. The van der Waals surface area contributed by atoms with E-state index >= 15 is 0 Å². The fraction of sp³-hybridized carbons (Fsp3) is 0.385. The Kier molecular flexibility index (Phi) is 7.88. The Morgan fingerprint density at radius 2 is 1.65 bits per heavy atom. The maximum atomic E-state index is 13.7. The molecule has 3 rings (SSSR count). The highest BCUT2D eigenvalue weighted by Gasteiger charge is 2.20. The van der Waals surface area contributed by atoms with Gasteiger partial charge < -0.3 is 14.4 Å². The van der Waals surface area contributed by atoms with E-state index < -0.39 is 0 Å². The minimum atomic E-state index is 0.0641. The number of unbranched alkanes of at least 4 members (excludes halogenated alkanes) is 2. The Labute approximate surface area is 185 Å². The van der Waals surface area contributed by atoms with Gasteiger partial charge in [-0.25, -0.2) is 4.98 Å². The molecular weight excluding hydrogens is 388 g/mol. The zero-order valence-electron chi connectivity index (χ0n) is 19.0. The Morgan fingerprint density at radius 3 is 2.29 bits per heavy atom. The van der Waals surface area contributed by atoms with E-state index in [-0.39, 0.29) is 5.91 Å². The predicted molar refractivity (Wildman–Crippen MR) is 126 cm³/mol. The summed E-state index contributed by atoms with van der Waals surface area (Å²) in [5.41, 5.74) is 3.03. The molecule has 0 atom stereocenters. The quantitative estimate of drug-likeness (QED) is 0.406. The third kappa shape index (κ3) is 5.16. The van der Waals surface area contributed by atoms with E-state index in [1.54, 1.807) is 14.2 Å². The average molecular weight is 421 g/mol. The smallest absolute Gasteiger partial charge is 0.254 e. The van der Waals surface area contributed by atoms with Crippen LogP contribution in [0.1, 0.15) is 49.9 Å². The molecule has 3 aromatic rings. The van der Waals surface area contributed by atoms with Crippen molar-refractivity contribution in [1.82, 2.24) is 9.88 Å². The van der Waals surface area contributed by atoms with Crippen molar-refractivity contribution in [3.8, 4) is 22.8 Å². The van der Waals surface area contributed by atoms with Crippen LogP contribution >= 0.6 is 0 Å². The molecular formula is C26H32N2O3. The molecule has 0 spiro atoms. The number of methoxy groups -OCH3 is 2. The highest BCUT2D eigenvalue weighted by molar-refractivity contribution is 6.07. The van der Waals surface area contributed by atoms with Crippen LogP contribution < -0.4 is 9.47 Å². The van der Waals surface area contributed by atoms with Crippen LogP contribution in [0.3, 0.4) is 0 Å². The molecule has 164 valence electrons. The molecule has 5 heteroatoms. The van der Waals surface area contributed by atoms with E-state index in [0.29, 0.717) is 22.8 Å². The van der Waals surface area contributed by atoms with E-state index in [1.165, 1.54) is 0 Å². The van der Waals surface area contributed by atoms with Gasteiger partial charge in [0.05, 0.1) is 31.0 Å². The van der Waals surface area contributed by atoms with Crippen LogP contribution in [0.25, 0.3) is 22.2 Å². The van der Waals surface area contributed by atoms with E-state index in [9.17, 15) is 4.79 Å². The lowest BCUT2D eigenvalue weighted by Gasteiger charge is -2.23. The standard InChI is InChI=1S/C26H32N2O3/c1-5-7-15-28(16-8-6-2)26(29)22-18-24(27-23-12-10-9-11-20(22)23)21-14-13-19(30-3)17-25(21)31-4/h9-14,17-18H,5-8,15-16H2,1-4H3. The van der Waals surface area contributed by atoms with Gasteiger partial charge in [0, 0.05) is 30.1 Å². The van der Waals surface area contributed by atoms with E-state index in [4.69, 9.17) is 14.5 Å². The van der Waals surface area contributed by atoms with Crippen molar-refractivity contribution in [3.63, 3.8) is 0 Å². The Hall–Kier alpha value is -3.08. The highest BCUT2D eigenvalue weighted by atomic mass is 16.5. The summed E-state index contributed by atoms with van der Waals surface area (Å²) in [6.07, 6.45) is 4.11. The number of pyridine rings is 1. The van der Waals surface area contributed by atoms with Gasteiger partial charge in [0.15, 0.2) is 0 Å². The average Bonchev–Trinajstić information content (AvgIpc) is 2.82. The number of fused-ring (bicyclic) bond motifs is 1. The summed E-state index contributed by atoms with van der Waals surface area (Å²) in [6.45, 7) is 5.84. The van der Waals surface area contributed by atoms with Gasteiger partial charge in [-0.15, -0.1) is 0 Å². The van der Waals surface area contributed by atoms with Gasteiger partial charge in [-0.2, -0.15) is 0 Å². The second-order valence-electron chi connectivity index (χ2n) is 7.64. The first-order valence-electron chi connectivity index (χ1n) is 11.0. The number of nitrogens with zero attached hydrogens (tertiary/aromatic N) is 2. The van der Waals surface area contributed by atoms with Crippen LogP contribution in [0.4, 0.5) is 0 Å². The fourth-order valence-electron chi connectivity index (χ4n) is 3.68. The molecule has 0 fully saturated rings. The molecule has 1 aromatic heterocycles. The summed E-state index contributed by atoms with van der Waals surface area (Å²) in [6, 6.07) is 15.4. The van der Waals surface area contributed by atoms with E-state index in [1.807, 2.05) is 53.4 Å². The first-order chi connectivity index (χ1) is 15.1. The Morgan fingerprint density at radius 1 is 0.935 bits per heavy atom. The van der Waals surface area contributed by atoms with Gasteiger partial charge in [-0.1, -0.05) is 44.9 Å². The predicted octanol–water partition coefficient (Wildman–Crippen LogP) is 5.96. The number of rotatable bonds is 10. The second-order valence-corrected chi connectivity index (χ2v) is 7.64.